The quantitative estimate of drug-likeness (QED) is 0.174. The van der Waals surface area contributed by atoms with E-state index in [4.69, 9.17) is 0 Å². The van der Waals surface area contributed by atoms with Gasteiger partial charge in [0.25, 0.3) is 0 Å². The lowest BCUT2D eigenvalue weighted by atomic mass is 9.69. The highest BCUT2D eigenvalue weighted by molar-refractivity contribution is 5.97. The minimum atomic E-state index is -0.445. The van der Waals surface area contributed by atoms with Gasteiger partial charge in [0.05, 0.1) is 5.41 Å². The highest BCUT2D eigenvalue weighted by atomic mass is 15.1. The van der Waals surface area contributed by atoms with E-state index in [0.717, 1.165) is 17.1 Å². The van der Waals surface area contributed by atoms with Crippen LogP contribution in [-0.2, 0) is 16.2 Å². The molecule has 57 heavy (non-hydrogen) atoms. The highest BCUT2D eigenvalue weighted by Gasteiger charge is 2.52. The molecule has 3 aliphatic rings. The number of nitrogens with zero attached hydrogens (tertiary/aromatic N) is 1. The normalized spacial score (nSPS) is 16.4. The summed E-state index contributed by atoms with van der Waals surface area (Å²) in [6.45, 7) is 11.7. The van der Waals surface area contributed by atoms with E-state index in [1.54, 1.807) is 0 Å². The second-order valence-electron chi connectivity index (χ2n) is 17.7. The van der Waals surface area contributed by atoms with Gasteiger partial charge in [-0.15, -0.1) is 0 Å². The van der Waals surface area contributed by atoms with Gasteiger partial charge in [-0.3, -0.25) is 0 Å². The number of rotatable bonds is 4. The topological polar surface area (TPSA) is 3.24 Å². The highest BCUT2D eigenvalue weighted by Crippen LogP contribution is 2.64. The molecule has 0 saturated carbocycles. The predicted molar refractivity (Wildman–Crippen MR) is 239 cm³/mol. The van der Waals surface area contributed by atoms with Gasteiger partial charge in [-0.25, -0.2) is 0 Å². The molecule has 274 valence electrons. The summed E-state index contributed by atoms with van der Waals surface area (Å²) in [5.41, 5.74) is 22.9. The smallest absolute Gasteiger partial charge is 0.0726 e. The molecule has 11 rings (SSSR count). The zero-order chi connectivity index (χ0) is 38.7. The molecule has 1 unspecified atom stereocenters. The van der Waals surface area contributed by atoms with Crippen molar-refractivity contribution < 1.29 is 0 Å². The van der Waals surface area contributed by atoms with Gasteiger partial charge in [0.2, 0.25) is 0 Å². The predicted octanol–water partition coefficient (Wildman–Crippen LogP) is 14.8. The van der Waals surface area contributed by atoms with Crippen LogP contribution in [0.25, 0.3) is 44.5 Å². The summed E-state index contributed by atoms with van der Waals surface area (Å²) in [6.07, 6.45) is 0. The first kappa shape index (κ1) is 33.9. The molecule has 0 N–H and O–H groups in total. The van der Waals surface area contributed by atoms with E-state index in [1.165, 1.54) is 83.5 Å². The summed E-state index contributed by atoms with van der Waals surface area (Å²) < 4.78 is 0. The molecule has 1 nitrogen and oxygen atoms in total. The van der Waals surface area contributed by atoms with Gasteiger partial charge in [0.1, 0.15) is 0 Å². The lowest BCUT2D eigenvalue weighted by Gasteiger charge is -2.33. The first-order chi connectivity index (χ1) is 27.7. The molecule has 3 aliphatic carbocycles. The van der Waals surface area contributed by atoms with Crippen LogP contribution in [0.2, 0.25) is 0 Å². The first-order valence-corrected chi connectivity index (χ1v) is 20.3. The Labute approximate surface area is 336 Å². The fourth-order valence-corrected chi connectivity index (χ4v) is 10.4. The number of hydrogen-bond acceptors (Lipinski definition) is 1. The van der Waals surface area contributed by atoms with E-state index >= 15 is 0 Å². The summed E-state index contributed by atoms with van der Waals surface area (Å²) in [5, 5.41) is 0. The molecule has 0 saturated heterocycles. The van der Waals surface area contributed by atoms with Crippen LogP contribution in [0, 0.1) is 0 Å². The fourth-order valence-electron chi connectivity index (χ4n) is 10.4. The average Bonchev–Trinajstić information content (AvgIpc) is 3.79. The minimum Gasteiger partial charge on any atom is -0.310 e. The van der Waals surface area contributed by atoms with Crippen LogP contribution in [0.15, 0.2) is 182 Å². The van der Waals surface area contributed by atoms with E-state index < -0.39 is 5.41 Å². The van der Waals surface area contributed by atoms with Crippen LogP contribution in [0.4, 0.5) is 17.1 Å². The molecule has 0 aliphatic heterocycles. The first-order valence-electron chi connectivity index (χ1n) is 20.3. The van der Waals surface area contributed by atoms with Gasteiger partial charge in [0.15, 0.2) is 0 Å². The molecule has 8 aromatic rings. The zero-order valence-corrected chi connectivity index (χ0v) is 33.3. The Morgan fingerprint density at radius 3 is 1.37 bits per heavy atom. The number of fused-ring (bicyclic) bond motifs is 13. The van der Waals surface area contributed by atoms with Crippen molar-refractivity contribution in [1.29, 1.82) is 0 Å². The summed E-state index contributed by atoms with van der Waals surface area (Å²) >= 11 is 0. The molecule has 8 aromatic carbocycles. The van der Waals surface area contributed by atoms with Gasteiger partial charge < -0.3 is 4.90 Å². The lowest BCUT2D eigenvalue weighted by Crippen LogP contribution is -2.27. The van der Waals surface area contributed by atoms with E-state index in [-0.39, 0.29) is 10.8 Å². The summed E-state index contributed by atoms with van der Waals surface area (Å²) in [6, 6.07) is 68.7. The molecule has 0 radical (unpaired) electrons. The monoisotopic (exact) mass is 731 g/mol. The van der Waals surface area contributed by atoms with Crippen molar-refractivity contribution in [3.05, 3.63) is 221 Å². The largest absolute Gasteiger partial charge is 0.310 e. The molecule has 1 atom stereocenters. The summed E-state index contributed by atoms with van der Waals surface area (Å²) in [5.74, 6) is 0. The SMILES string of the molecule is CC(C)(C)c1ccc2c(c1)C1(c3ccccc3-c3ccc(N(c4ccc(-c5ccccc5)cc4)c4ccc5c(c4)C(C)(C)c4ccccc4-5)cc31)c1ccccc1-2. The van der Waals surface area contributed by atoms with Crippen molar-refractivity contribution in [3.8, 4) is 44.5 Å². The Morgan fingerprint density at radius 2 is 0.772 bits per heavy atom. The lowest BCUT2D eigenvalue weighted by molar-refractivity contribution is 0.588. The standard InChI is InChI=1S/C56H45N/c1-54(2,3)38-25-30-46-43-18-10-13-21-49(43)56(52(46)33-38)50-22-14-11-19-44(50)47-32-29-41(35-53(47)56)57(39-26-23-37(24-27-39)36-15-7-6-8-16-36)40-28-31-45-42-17-9-12-20-48(42)55(4,5)51(45)34-40/h6-35H,1-5H3. The van der Waals surface area contributed by atoms with E-state index in [1.807, 2.05) is 0 Å². The third-order valence-electron chi connectivity index (χ3n) is 13.3. The van der Waals surface area contributed by atoms with E-state index in [9.17, 15) is 0 Å². The van der Waals surface area contributed by atoms with Crippen LogP contribution < -0.4 is 4.90 Å². The number of benzene rings is 8. The van der Waals surface area contributed by atoms with Crippen LogP contribution in [0.5, 0.6) is 0 Å². The van der Waals surface area contributed by atoms with Crippen molar-refractivity contribution in [2.45, 2.75) is 50.9 Å². The third kappa shape index (κ3) is 4.75. The summed E-state index contributed by atoms with van der Waals surface area (Å²) in [4.78, 5) is 2.48. The van der Waals surface area contributed by atoms with Gasteiger partial charge in [0, 0.05) is 22.5 Å². The van der Waals surface area contributed by atoms with Gasteiger partial charge in [-0.05, 0) is 125 Å². The Bertz CT molecular complexity index is 2890. The van der Waals surface area contributed by atoms with Gasteiger partial charge in [-0.2, -0.15) is 0 Å². The number of anilines is 3. The van der Waals surface area contributed by atoms with Crippen molar-refractivity contribution >= 4 is 17.1 Å². The average molecular weight is 732 g/mol. The molecular weight excluding hydrogens is 687 g/mol. The van der Waals surface area contributed by atoms with Crippen molar-refractivity contribution in [2.24, 2.45) is 0 Å². The van der Waals surface area contributed by atoms with Gasteiger partial charge in [-0.1, -0.05) is 180 Å². The van der Waals surface area contributed by atoms with Crippen molar-refractivity contribution in [3.63, 3.8) is 0 Å². The minimum absolute atomic E-state index is 0.0114. The third-order valence-corrected chi connectivity index (χ3v) is 13.3. The molecule has 0 bridgehead atoms. The van der Waals surface area contributed by atoms with E-state index in [0.29, 0.717) is 0 Å². The van der Waals surface area contributed by atoms with Crippen LogP contribution in [-0.4, -0.2) is 0 Å². The molecule has 0 amide bonds. The molecule has 1 heteroatoms. The fraction of sp³-hybridized carbons (Fsp3) is 0.143. The second kappa shape index (κ2) is 12.0. The Hall–Kier alpha value is -6.44. The maximum atomic E-state index is 2.52. The van der Waals surface area contributed by atoms with Crippen LogP contribution >= 0.6 is 0 Å². The Morgan fingerprint density at radius 1 is 0.351 bits per heavy atom. The second-order valence-corrected chi connectivity index (χ2v) is 17.7. The Kier molecular flexibility index (Phi) is 7.15. The maximum absolute atomic E-state index is 2.52. The van der Waals surface area contributed by atoms with Gasteiger partial charge >= 0.3 is 0 Å². The molecule has 0 heterocycles. The summed E-state index contributed by atoms with van der Waals surface area (Å²) in [7, 11) is 0. The zero-order valence-electron chi connectivity index (χ0n) is 33.3. The maximum Gasteiger partial charge on any atom is 0.0726 e. The molecular formula is C56H45N. The number of hydrogen-bond donors (Lipinski definition) is 0. The molecule has 0 fully saturated rings. The Balaban J connectivity index is 1.16. The van der Waals surface area contributed by atoms with Crippen molar-refractivity contribution in [1.82, 2.24) is 0 Å². The van der Waals surface area contributed by atoms with Crippen LogP contribution in [0.3, 0.4) is 0 Å². The van der Waals surface area contributed by atoms with Crippen LogP contribution in [0.1, 0.15) is 73.6 Å². The molecule has 0 aromatic heterocycles. The molecule has 1 spiro atoms. The van der Waals surface area contributed by atoms with Crippen molar-refractivity contribution in [2.75, 3.05) is 4.90 Å². The van der Waals surface area contributed by atoms with E-state index in [2.05, 4.69) is 222 Å².